The number of halogens is 1. The molecule has 5 rings (SSSR count). The van der Waals surface area contributed by atoms with E-state index in [4.69, 9.17) is 16.3 Å². The van der Waals surface area contributed by atoms with Gasteiger partial charge in [-0.15, -0.1) is 0 Å². The molecule has 2 heterocycles. The number of H-pyrrole nitrogens is 1. The van der Waals surface area contributed by atoms with Gasteiger partial charge in [0.05, 0.1) is 17.2 Å². The van der Waals surface area contributed by atoms with Crippen LogP contribution in [0.5, 0.6) is 0 Å². The first-order valence-corrected chi connectivity index (χ1v) is 12.6. The Balaban J connectivity index is 1.48. The van der Waals surface area contributed by atoms with Crippen LogP contribution in [0.2, 0.25) is 5.02 Å². The Kier molecular flexibility index (Phi) is 7.12. The van der Waals surface area contributed by atoms with Crippen molar-refractivity contribution in [2.24, 2.45) is 0 Å². The second-order valence-corrected chi connectivity index (χ2v) is 9.56. The summed E-state index contributed by atoms with van der Waals surface area (Å²) in [5.41, 5.74) is 4.68. The highest BCUT2D eigenvalue weighted by molar-refractivity contribution is 6.31. The molecular weight excluding hydrogens is 490 g/mol. The number of fused-ring (bicyclic) bond motifs is 1. The normalized spacial score (nSPS) is 15.1. The van der Waals surface area contributed by atoms with Gasteiger partial charge in [0.25, 0.3) is 11.8 Å². The van der Waals surface area contributed by atoms with Crippen LogP contribution in [0.1, 0.15) is 44.7 Å². The van der Waals surface area contributed by atoms with E-state index in [2.05, 4.69) is 25.9 Å². The number of imidazole rings is 1. The predicted octanol–water partition coefficient (Wildman–Crippen LogP) is 5.93. The SMILES string of the molecule is Cc1ccccc1C(=O)Nc1cc(C(=O)Nc2cccc(Cl)c2C)c2nc(NC[C@@H]3CCCO3)[nH]c2c1. The van der Waals surface area contributed by atoms with E-state index in [1.54, 1.807) is 36.4 Å². The van der Waals surface area contributed by atoms with Gasteiger partial charge in [0.1, 0.15) is 5.52 Å². The zero-order valence-corrected chi connectivity index (χ0v) is 21.4. The second-order valence-electron chi connectivity index (χ2n) is 9.16. The molecule has 190 valence electrons. The van der Waals surface area contributed by atoms with Crippen LogP contribution >= 0.6 is 11.6 Å². The number of rotatable bonds is 7. The lowest BCUT2D eigenvalue weighted by atomic mass is 10.1. The number of carbonyl (C=O) groups excluding carboxylic acids is 2. The lowest BCUT2D eigenvalue weighted by Crippen LogP contribution is -2.18. The van der Waals surface area contributed by atoms with E-state index >= 15 is 0 Å². The molecule has 1 aliphatic rings. The Morgan fingerprint density at radius 2 is 1.86 bits per heavy atom. The van der Waals surface area contributed by atoms with Crippen molar-refractivity contribution in [1.29, 1.82) is 0 Å². The van der Waals surface area contributed by atoms with Gasteiger partial charge in [0.2, 0.25) is 5.95 Å². The van der Waals surface area contributed by atoms with E-state index < -0.39 is 0 Å². The first-order valence-electron chi connectivity index (χ1n) is 12.2. The van der Waals surface area contributed by atoms with Crippen molar-refractivity contribution in [3.63, 3.8) is 0 Å². The molecule has 0 bridgehead atoms. The van der Waals surface area contributed by atoms with Gasteiger partial charge in [-0.1, -0.05) is 35.9 Å². The Hall–Kier alpha value is -3.88. The summed E-state index contributed by atoms with van der Waals surface area (Å²) in [5.74, 6) is -0.0915. The largest absolute Gasteiger partial charge is 0.376 e. The number of aromatic nitrogens is 2. The number of benzene rings is 3. The second kappa shape index (κ2) is 10.6. The number of anilines is 3. The number of nitrogens with zero attached hydrogens (tertiary/aromatic N) is 1. The summed E-state index contributed by atoms with van der Waals surface area (Å²) in [5, 5.41) is 9.70. The smallest absolute Gasteiger partial charge is 0.258 e. The number of aromatic amines is 1. The maximum absolute atomic E-state index is 13.5. The molecule has 1 aliphatic heterocycles. The predicted molar refractivity (Wildman–Crippen MR) is 147 cm³/mol. The van der Waals surface area contributed by atoms with Crippen molar-refractivity contribution < 1.29 is 14.3 Å². The molecule has 1 fully saturated rings. The molecule has 4 N–H and O–H groups in total. The monoisotopic (exact) mass is 517 g/mol. The van der Waals surface area contributed by atoms with Crippen molar-refractivity contribution in [3.05, 3.63) is 81.9 Å². The number of amides is 2. The van der Waals surface area contributed by atoms with E-state index in [1.807, 2.05) is 32.0 Å². The molecule has 0 unspecified atom stereocenters. The molecule has 0 spiro atoms. The first kappa shape index (κ1) is 24.8. The summed E-state index contributed by atoms with van der Waals surface area (Å²) < 4.78 is 5.69. The number of aryl methyl sites for hydroxylation is 1. The zero-order valence-electron chi connectivity index (χ0n) is 20.7. The van der Waals surface area contributed by atoms with Gasteiger partial charge in [-0.25, -0.2) is 4.98 Å². The number of hydrogen-bond donors (Lipinski definition) is 4. The van der Waals surface area contributed by atoms with Crippen LogP contribution in [-0.2, 0) is 4.74 Å². The van der Waals surface area contributed by atoms with Gasteiger partial charge in [0, 0.05) is 35.1 Å². The fourth-order valence-electron chi connectivity index (χ4n) is 4.42. The van der Waals surface area contributed by atoms with Crippen molar-refractivity contribution in [3.8, 4) is 0 Å². The van der Waals surface area contributed by atoms with Gasteiger partial charge in [0.15, 0.2) is 0 Å². The van der Waals surface area contributed by atoms with Crippen LogP contribution in [-0.4, -0.2) is 41.0 Å². The average Bonchev–Trinajstić information content (AvgIpc) is 3.55. The molecule has 0 saturated carbocycles. The third-order valence-electron chi connectivity index (χ3n) is 6.52. The highest BCUT2D eigenvalue weighted by Crippen LogP contribution is 2.28. The summed E-state index contributed by atoms with van der Waals surface area (Å²) >= 11 is 6.25. The van der Waals surface area contributed by atoms with Crippen molar-refractivity contribution in [2.45, 2.75) is 32.8 Å². The Bertz CT molecular complexity index is 1480. The number of ether oxygens (including phenoxy) is 1. The number of carbonyl (C=O) groups is 2. The minimum absolute atomic E-state index is 0.130. The third-order valence-corrected chi connectivity index (χ3v) is 6.93. The zero-order chi connectivity index (χ0) is 25.9. The van der Waals surface area contributed by atoms with Gasteiger partial charge in [-0.3, -0.25) is 9.59 Å². The fraction of sp³-hybridized carbons (Fsp3) is 0.250. The van der Waals surface area contributed by atoms with Crippen LogP contribution in [0, 0.1) is 13.8 Å². The van der Waals surface area contributed by atoms with Gasteiger partial charge in [-0.2, -0.15) is 0 Å². The minimum Gasteiger partial charge on any atom is -0.376 e. The lowest BCUT2D eigenvalue weighted by molar-refractivity contribution is 0.101. The first-order chi connectivity index (χ1) is 17.9. The highest BCUT2D eigenvalue weighted by Gasteiger charge is 2.20. The summed E-state index contributed by atoms with van der Waals surface area (Å²) in [6.07, 6.45) is 2.17. The summed E-state index contributed by atoms with van der Waals surface area (Å²) in [7, 11) is 0. The minimum atomic E-state index is -0.362. The van der Waals surface area contributed by atoms with Crippen molar-refractivity contribution >= 4 is 51.8 Å². The van der Waals surface area contributed by atoms with Crippen LogP contribution in [0.15, 0.2) is 54.6 Å². The number of nitrogens with one attached hydrogen (secondary N) is 4. The molecule has 0 radical (unpaired) electrons. The highest BCUT2D eigenvalue weighted by atomic mass is 35.5. The van der Waals surface area contributed by atoms with Gasteiger partial charge in [-0.05, 0) is 68.1 Å². The molecule has 1 atom stereocenters. The van der Waals surface area contributed by atoms with Crippen molar-refractivity contribution in [1.82, 2.24) is 9.97 Å². The molecule has 8 nitrogen and oxygen atoms in total. The van der Waals surface area contributed by atoms with Crippen LogP contribution < -0.4 is 16.0 Å². The maximum atomic E-state index is 13.5. The van der Waals surface area contributed by atoms with E-state index in [0.717, 1.165) is 30.6 Å². The van der Waals surface area contributed by atoms with E-state index in [9.17, 15) is 9.59 Å². The molecule has 4 aromatic rings. The van der Waals surface area contributed by atoms with E-state index in [-0.39, 0.29) is 17.9 Å². The Labute approximate surface area is 219 Å². The molecule has 1 aromatic heterocycles. The lowest BCUT2D eigenvalue weighted by Gasteiger charge is -2.12. The molecule has 3 aromatic carbocycles. The fourth-order valence-corrected chi connectivity index (χ4v) is 4.60. The van der Waals surface area contributed by atoms with Crippen LogP contribution in [0.4, 0.5) is 17.3 Å². The standard InChI is InChI=1S/C28H28ClN5O3/c1-16-7-3-4-9-20(16)26(35)31-18-13-21(27(36)32-23-11-5-10-22(29)17(23)2)25-24(14-18)33-28(34-25)30-15-19-8-6-12-37-19/h3-5,7,9-11,13-14,19H,6,8,12,15H2,1-2H3,(H,31,35)(H,32,36)(H2,30,33,34)/t19-/m0/s1. The molecule has 37 heavy (non-hydrogen) atoms. The average molecular weight is 518 g/mol. The molecular formula is C28H28ClN5O3. The molecule has 0 aliphatic carbocycles. The van der Waals surface area contributed by atoms with Crippen LogP contribution in [0.25, 0.3) is 11.0 Å². The van der Waals surface area contributed by atoms with Gasteiger partial charge >= 0.3 is 0 Å². The quantitative estimate of drug-likeness (QED) is 0.243. The summed E-state index contributed by atoms with van der Waals surface area (Å²) in [4.78, 5) is 34.4. The van der Waals surface area contributed by atoms with Crippen LogP contribution in [0.3, 0.4) is 0 Å². The molecule has 2 amide bonds. The topological polar surface area (TPSA) is 108 Å². The maximum Gasteiger partial charge on any atom is 0.258 e. The summed E-state index contributed by atoms with van der Waals surface area (Å²) in [6, 6.07) is 16.1. The number of hydrogen-bond acceptors (Lipinski definition) is 5. The molecule has 1 saturated heterocycles. The van der Waals surface area contributed by atoms with Gasteiger partial charge < -0.3 is 25.7 Å². The van der Waals surface area contributed by atoms with E-state index in [0.29, 0.717) is 51.1 Å². The molecule has 9 heteroatoms. The van der Waals surface area contributed by atoms with E-state index in [1.165, 1.54) is 0 Å². The third kappa shape index (κ3) is 5.45. The summed E-state index contributed by atoms with van der Waals surface area (Å²) in [6.45, 7) is 5.10. The Morgan fingerprint density at radius 3 is 2.65 bits per heavy atom. The Morgan fingerprint density at radius 1 is 1.05 bits per heavy atom. The van der Waals surface area contributed by atoms with Crippen molar-refractivity contribution in [2.75, 3.05) is 29.1 Å².